The average Bonchev–Trinajstić information content (AvgIpc) is 2.31. The fourth-order valence-corrected chi connectivity index (χ4v) is 1.05. The molecule has 0 aliphatic carbocycles. The van der Waals surface area contributed by atoms with Gasteiger partial charge in [0.25, 0.3) is 0 Å². The molecule has 17 heavy (non-hydrogen) atoms. The number of carbonyl (C=O) groups is 2. The Balaban J connectivity index is 2.98. The van der Waals surface area contributed by atoms with Gasteiger partial charge in [0.05, 0.1) is 7.11 Å². The van der Waals surface area contributed by atoms with E-state index in [2.05, 4.69) is 4.74 Å². The first kappa shape index (κ1) is 12.8. The van der Waals surface area contributed by atoms with Gasteiger partial charge in [0.1, 0.15) is 5.70 Å². The Morgan fingerprint density at radius 2 is 1.94 bits per heavy atom. The van der Waals surface area contributed by atoms with Crippen LogP contribution in [0.5, 0.6) is 0 Å². The summed E-state index contributed by atoms with van der Waals surface area (Å²) in [6, 6.07) is 2.62. The maximum Gasteiger partial charge on any atom is 0.354 e. The fourth-order valence-electron chi connectivity index (χ4n) is 1.05. The highest BCUT2D eigenvalue weighted by molar-refractivity contribution is 6.08. The molecule has 0 atom stereocenters. The molecule has 0 unspecified atom stereocenters. The van der Waals surface area contributed by atoms with Crippen LogP contribution in [0.4, 0.5) is 8.78 Å². The second kappa shape index (κ2) is 5.20. The first-order chi connectivity index (χ1) is 7.95. The SMILES string of the molecule is COC(=O)C(N)=CC(=O)c1ccc(F)c(F)c1. The second-order valence-electron chi connectivity index (χ2n) is 3.08. The van der Waals surface area contributed by atoms with E-state index < -0.39 is 29.1 Å². The summed E-state index contributed by atoms with van der Waals surface area (Å²) < 4.78 is 29.7. The van der Waals surface area contributed by atoms with E-state index in [0.29, 0.717) is 0 Å². The molecule has 4 nitrogen and oxygen atoms in total. The number of hydrogen-bond acceptors (Lipinski definition) is 4. The molecule has 0 heterocycles. The Labute approximate surface area is 95.7 Å². The lowest BCUT2D eigenvalue weighted by atomic mass is 10.1. The molecule has 6 heteroatoms. The van der Waals surface area contributed by atoms with E-state index in [1.165, 1.54) is 0 Å². The Kier molecular flexibility index (Phi) is 3.92. The largest absolute Gasteiger partial charge is 0.464 e. The Bertz CT molecular complexity index is 497. The lowest BCUT2D eigenvalue weighted by Gasteiger charge is -2.00. The van der Waals surface area contributed by atoms with E-state index >= 15 is 0 Å². The van der Waals surface area contributed by atoms with E-state index in [9.17, 15) is 18.4 Å². The molecule has 0 amide bonds. The Morgan fingerprint density at radius 3 is 2.47 bits per heavy atom. The first-order valence-electron chi connectivity index (χ1n) is 4.50. The molecule has 0 aliphatic rings. The molecule has 0 saturated heterocycles. The molecule has 0 aliphatic heterocycles. The summed E-state index contributed by atoms with van der Waals surface area (Å²) in [5.41, 5.74) is 4.70. The second-order valence-corrected chi connectivity index (χ2v) is 3.08. The number of halogens is 2. The quantitative estimate of drug-likeness (QED) is 0.490. The maximum atomic E-state index is 12.8. The van der Waals surface area contributed by atoms with Crippen LogP contribution in [0.3, 0.4) is 0 Å². The van der Waals surface area contributed by atoms with Crippen LogP contribution in [0.15, 0.2) is 30.0 Å². The third kappa shape index (κ3) is 3.10. The Hall–Kier alpha value is -2.24. The van der Waals surface area contributed by atoms with Gasteiger partial charge in [-0.15, -0.1) is 0 Å². The minimum atomic E-state index is -1.15. The molecule has 0 bridgehead atoms. The number of benzene rings is 1. The fraction of sp³-hybridized carbons (Fsp3) is 0.0909. The van der Waals surface area contributed by atoms with Crippen LogP contribution in [0.2, 0.25) is 0 Å². The van der Waals surface area contributed by atoms with Gasteiger partial charge in [0.2, 0.25) is 0 Å². The molecule has 90 valence electrons. The molecule has 1 aromatic rings. The van der Waals surface area contributed by atoms with Gasteiger partial charge in [-0.05, 0) is 18.2 Å². The topological polar surface area (TPSA) is 69.4 Å². The highest BCUT2D eigenvalue weighted by Gasteiger charge is 2.11. The van der Waals surface area contributed by atoms with E-state index in [-0.39, 0.29) is 5.56 Å². The molecule has 1 rings (SSSR count). The van der Waals surface area contributed by atoms with Crippen molar-refractivity contribution in [2.75, 3.05) is 7.11 Å². The first-order valence-corrected chi connectivity index (χ1v) is 4.50. The molecular weight excluding hydrogens is 232 g/mol. The monoisotopic (exact) mass is 241 g/mol. The third-order valence-electron chi connectivity index (χ3n) is 1.91. The smallest absolute Gasteiger partial charge is 0.354 e. The Morgan fingerprint density at radius 1 is 1.29 bits per heavy atom. The summed E-state index contributed by atoms with van der Waals surface area (Å²) >= 11 is 0. The lowest BCUT2D eigenvalue weighted by Crippen LogP contribution is -2.14. The van der Waals surface area contributed by atoms with Crippen LogP contribution in [0.1, 0.15) is 10.4 Å². The van der Waals surface area contributed by atoms with Gasteiger partial charge in [0.15, 0.2) is 17.4 Å². The van der Waals surface area contributed by atoms with E-state index in [0.717, 1.165) is 31.4 Å². The van der Waals surface area contributed by atoms with Crippen molar-refractivity contribution >= 4 is 11.8 Å². The van der Waals surface area contributed by atoms with E-state index in [1.807, 2.05) is 0 Å². The standard InChI is InChI=1S/C11H9F2NO3/c1-17-11(16)9(14)5-10(15)6-2-3-7(12)8(13)4-6/h2-5H,14H2,1H3. The van der Waals surface area contributed by atoms with Crippen LogP contribution >= 0.6 is 0 Å². The van der Waals surface area contributed by atoms with Crippen molar-refractivity contribution in [2.45, 2.75) is 0 Å². The number of ketones is 1. The molecule has 0 aromatic heterocycles. The van der Waals surface area contributed by atoms with Crippen LogP contribution in [0.25, 0.3) is 0 Å². The van der Waals surface area contributed by atoms with Crippen molar-refractivity contribution in [3.63, 3.8) is 0 Å². The summed E-state index contributed by atoms with van der Waals surface area (Å²) in [6.45, 7) is 0. The predicted molar refractivity (Wildman–Crippen MR) is 55.0 cm³/mol. The van der Waals surface area contributed by atoms with Gasteiger partial charge in [0, 0.05) is 11.6 Å². The van der Waals surface area contributed by atoms with Gasteiger partial charge >= 0.3 is 5.97 Å². The number of ether oxygens (including phenoxy) is 1. The van der Waals surface area contributed by atoms with Gasteiger partial charge < -0.3 is 10.5 Å². The van der Waals surface area contributed by atoms with Crippen molar-refractivity contribution < 1.29 is 23.1 Å². The van der Waals surface area contributed by atoms with Crippen LogP contribution in [0, 0.1) is 11.6 Å². The van der Waals surface area contributed by atoms with Gasteiger partial charge in [-0.2, -0.15) is 0 Å². The van der Waals surface area contributed by atoms with Crippen LogP contribution in [-0.2, 0) is 9.53 Å². The molecule has 2 N–H and O–H groups in total. The molecule has 0 spiro atoms. The minimum Gasteiger partial charge on any atom is -0.464 e. The maximum absolute atomic E-state index is 12.8. The number of rotatable bonds is 3. The average molecular weight is 241 g/mol. The lowest BCUT2D eigenvalue weighted by molar-refractivity contribution is -0.136. The molecule has 0 saturated carbocycles. The third-order valence-corrected chi connectivity index (χ3v) is 1.91. The van der Waals surface area contributed by atoms with Gasteiger partial charge in [-0.3, -0.25) is 4.79 Å². The van der Waals surface area contributed by atoms with Crippen LogP contribution < -0.4 is 5.73 Å². The van der Waals surface area contributed by atoms with Crippen molar-refractivity contribution in [1.29, 1.82) is 0 Å². The summed E-state index contributed by atoms with van der Waals surface area (Å²) in [6.07, 6.45) is 0.790. The number of allylic oxidation sites excluding steroid dienone is 1. The summed E-state index contributed by atoms with van der Waals surface area (Å²) in [7, 11) is 1.10. The number of esters is 1. The molecule has 0 fully saturated rings. The van der Waals surface area contributed by atoms with Gasteiger partial charge in [-0.25, -0.2) is 13.6 Å². The number of carbonyl (C=O) groups excluding carboxylic acids is 2. The highest BCUT2D eigenvalue weighted by atomic mass is 19.2. The zero-order valence-electron chi connectivity index (χ0n) is 8.87. The summed E-state index contributed by atoms with van der Waals surface area (Å²) in [5, 5.41) is 0. The normalized spacial score (nSPS) is 11.1. The van der Waals surface area contributed by atoms with Gasteiger partial charge in [-0.1, -0.05) is 0 Å². The minimum absolute atomic E-state index is 0.115. The van der Waals surface area contributed by atoms with E-state index in [1.54, 1.807) is 0 Å². The predicted octanol–water partition coefficient (Wildman–Crippen LogP) is 1.16. The number of hydrogen-bond donors (Lipinski definition) is 1. The van der Waals surface area contributed by atoms with Crippen LogP contribution in [-0.4, -0.2) is 18.9 Å². The zero-order valence-corrected chi connectivity index (χ0v) is 8.87. The zero-order chi connectivity index (χ0) is 13.0. The molecule has 0 radical (unpaired) electrons. The van der Waals surface area contributed by atoms with Crippen molar-refractivity contribution in [1.82, 2.24) is 0 Å². The number of methoxy groups -OCH3 is 1. The summed E-state index contributed by atoms with van der Waals surface area (Å²) in [5.74, 6) is -3.81. The van der Waals surface area contributed by atoms with Crippen molar-refractivity contribution in [3.8, 4) is 0 Å². The van der Waals surface area contributed by atoms with Crippen molar-refractivity contribution in [3.05, 3.63) is 47.2 Å². The molecule has 1 aromatic carbocycles. The number of nitrogens with two attached hydrogens (primary N) is 1. The van der Waals surface area contributed by atoms with Crippen molar-refractivity contribution in [2.24, 2.45) is 5.73 Å². The summed E-state index contributed by atoms with van der Waals surface area (Å²) in [4.78, 5) is 22.4. The molecular formula is C11H9F2NO3. The highest BCUT2D eigenvalue weighted by Crippen LogP contribution is 2.10. The van der Waals surface area contributed by atoms with E-state index in [4.69, 9.17) is 5.73 Å².